The summed E-state index contributed by atoms with van der Waals surface area (Å²) in [6.07, 6.45) is 3.62. The molecule has 2 aliphatic rings. The van der Waals surface area contributed by atoms with Gasteiger partial charge in [-0.1, -0.05) is 5.10 Å². The van der Waals surface area contributed by atoms with Crippen LogP contribution in [-0.4, -0.2) is 46.7 Å². The molecule has 1 amide bonds. The van der Waals surface area contributed by atoms with Crippen LogP contribution in [0.15, 0.2) is 35.1 Å². The molecule has 2 bridgehead atoms. The molecular formula is C16H18N4O3. The molecule has 1 aromatic carbocycles. The number of hydrogen-bond donors (Lipinski definition) is 1. The lowest BCUT2D eigenvalue weighted by Crippen LogP contribution is -2.46. The molecule has 1 N–H and O–H groups in total. The molecule has 0 aliphatic carbocycles. The summed E-state index contributed by atoms with van der Waals surface area (Å²) in [6.45, 7) is 3.31. The van der Waals surface area contributed by atoms with Gasteiger partial charge < -0.3 is 19.4 Å². The van der Waals surface area contributed by atoms with Crippen molar-refractivity contribution in [1.82, 2.24) is 20.4 Å². The smallest absolute Gasteiger partial charge is 0.410 e. The highest BCUT2D eigenvalue weighted by molar-refractivity contribution is 5.94. The van der Waals surface area contributed by atoms with E-state index in [4.69, 9.17) is 9.15 Å². The summed E-state index contributed by atoms with van der Waals surface area (Å²) < 4.78 is 10.3. The second-order valence-corrected chi connectivity index (χ2v) is 6.15. The fourth-order valence-corrected chi connectivity index (χ4v) is 3.42. The van der Waals surface area contributed by atoms with Gasteiger partial charge in [0.25, 0.3) is 5.91 Å². The molecule has 0 radical (unpaired) electrons. The Balaban J connectivity index is 1.36. The predicted molar refractivity (Wildman–Crippen MR) is 81.2 cm³/mol. The van der Waals surface area contributed by atoms with Crippen molar-refractivity contribution in [2.24, 2.45) is 5.92 Å². The van der Waals surface area contributed by atoms with Crippen LogP contribution in [0.4, 0.5) is 0 Å². The minimum atomic E-state index is -0.0400. The zero-order chi connectivity index (χ0) is 15.6. The van der Waals surface area contributed by atoms with Gasteiger partial charge in [-0.25, -0.2) is 0 Å². The number of hydrogen-bond acceptors (Lipinski definition) is 6. The van der Waals surface area contributed by atoms with Gasteiger partial charge in [0.1, 0.15) is 5.75 Å². The van der Waals surface area contributed by atoms with Gasteiger partial charge in [-0.05, 0) is 49.6 Å². The maximum Gasteiger partial charge on any atom is 0.420 e. The number of rotatable bonds is 4. The number of carbonyl (C=O) groups is 1. The van der Waals surface area contributed by atoms with E-state index in [1.54, 1.807) is 24.3 Å². The largest absolute Gasteiger partial charge is 0.420 e. The highest BCUT2D eigenvalue weighted by Gasteiger charge is 2.32. The Kier molecular flexibility index (Phi) is 3.70. The van der Waals surface area contributed by atoms with Gasteiger partial charge in [-0.15, -0.1) is 5.10 Å². The number of piperidine rings is 1. The molecule has 7 nitrogen and oxygen atoms in total. The third-order valence-electron chi connectivity index (χ3n) is 4.46. The third-order valence-corrected chi connectivity index (χ3v) is 4.46. The molecular weight excluding hydrogens is 296 g/mol. The van der Waals surface area contributed by atoms with Gasteiger partial charge >= 0.3 is 6.08 Å². The second kappa shape index (κ2) is 6.00. The monoisotopic (exact) mass is 314 g/mol. The molecule has 0 saturated carbocycles. The van der Waals surface area contributed by atoms with Crippen molar-refractivity contribution >= 4 is 5.91 Å². The Morgan fingerprint density at radius 1 is 1.30 bits per heavy atom. The number of nitrogens with one attached hydrogen (secondary N) is 1. The van der Waals surface area contributed by atoms with Crippen molar-refractivity contribution in [2.45, 2.75) is 18.9 Å². The highest BCUT2D eigenvalue weighted by Crippen LogP contribution is 2.27. The molecule has 1 unspecified atom stereocenters. The summed E-state index contributed by atoms with van der Waals surface area (Å²) in [4.78, 5) is 14.8. The zero-order valence-corrected chi connectivity index (χ0v) is 12.6. The minimum absolute atomic E-state index is 0.0400. The lowest BCUT2D eigenvalue weighted by atomic mass is 9.96. The average Bonchev–Trinajstić information content (AvgIpc) is 3.18. The maximum atomic E-state index is 12.4. The zero-order valence-electron chi connectivity index (χ0n) is 12.6. The SMILES string of the molecule is O=C(N[C@@H]1C[C@H]2CCN(C2)C1)c1ccc(Oc2nnco2)cc1. The Hall–Kier alpha value is -2.41. The molecule has 2 saturated heterocycles. The van der Waals surface area contributed by atoms with Crippen LogP contribution in [-0.2, 0) is 0 Å². The first-order chi connectivity index (χ1) is 11.3. The number of carbonyl (C=O) groups excluding carboxylic acids is 1. The summed E-state index contributed by atoms with van der Waals surface area (Å²) in [5, 5.41) is 10.3. The van der Waals surface area contributed by atoms with Gasteiger partial charge in [0.05, 0.1) is 0 Å². The molecule has 2 fully saturated rings. The van der Waals surface area contributed by atoms with Gasteiger partial charge in [0.15, 0.2) is 0 Å². The van der Waals surface area contributed by atoms with Gasteiger partial charge in [0.2, 0.25) is 6.39 Å². The van der Waals surface area contributed by atoms with Crippen LogP contribution in [0.25, 0.3) is 0 Å². The Morgan fingerprint density at radius 2 is 2.17 bits per heavy atom. The van der Waals surface area contributed by atoms with Crippen molar-refractivity contribution in [3.63, 3.8) is 0 Å². The average molecular weight is 314 g/mol. The van der Waals surface area contributed by atoms with E-state index in [2.05, 4.69) is 20.4 Å². The van der Waals surface area contributed by atoms with Gasteiger partial charge in [-0.3, -0.25) is 4.79 Å². The summed E-state index contributed by atoms with van der Waals surface area (Å²) in [6, 6.07) is 7.15. The first-order valence-electron chi connectivity index (χ1n) is 7.83. The summed E-state index contributed by atoms with van der Waals surface area (Å²) in [5.41, 5.74) is 0.621. The topological polar surface area (TPSA) is 80.5 Å². The van der Waals surface area contributed by atoms with E-state index >= 15 is 0 Å². The Morgan fingerprint density at radius 3 is 2.91 bits per heavy atom. The molecule has 4 rings (SSSR count). The van der Waals surface area contributed by atoms with E-state index in [-0.39, 0.29) is 18.0 Å². The van der Waals surface area contributed by atoms with Crippen LogP contribution >= 0.6 is 0 Å². The normalized spacial score (nSPS) is 26.0. The number of aromatic nitrogens is 2. The molecule has 2 aliphatic heterocycles. The minimum Gasteiger partial charge on any atom is -0.410 e. The highest BCUT2D eigenvalue weighted by atomic mass is 16.6. The maximum absolute atomic E-state index is 12.4. The number of nitrogens with zero attached hydrogens (tertiary/aromatic N) is 3. The number of amides is 1. The van der Waals surface area contributed by atoms with Crippen molar-refractivity contribution in [3.05, 3.63) is 36.2 Å². The lowest BCUT2D eigenvalue weighted by Gasteiger charge is -2.30. The molecule has 3 heterocycles. The number of benzene rings is 1. The first kappa shape index (κ1) is 14.2. The van der Waals surface area contributed by atoms with E-state index < -0.39 is 0 Å². The number of ether oxygens (including phenoxy) is 1. The summed E-state index contributed by atoms with van der Waals surface area (Å²) in [5.74, 6) is 1.24. The molecule has 3 atom stereocenters. The first-order valence-corrected chi connectivity index (χ1v) is 7.83. The van der Waals surface area contributed by atoms with E-state index in [1.165, 1.54) is 25.9 Å². The standard InChI is InChI=1S/C16H18N4O3/c21-15(18-13-7-11-5-6-20(8-11)9-13)12-1-3-14(4-2-12)23-16-19-17-10-22-16/h1-4,10-11,13H,5-9H2,(H,18,21)/t11-,13-/m1/s1. The number of fused-ring (bicyclic) bond motifs is 2. The second-order valence-electron chi connectivity index (χ2n) is 6.15. The third kappa shape index (κ3) is 3.19. The summed E-state index contributed by atoms with van der Waals surface area (Å²) >= 11 is 0. The quantitative estimate of drug-likeness (QED) is 0.925. The van der Waals surface area contributed by atoms with Crippen molar-refractivity contribution in [2.75, 3.05) is 19.6 Å². The molecule has 7 heteroatoms. The lowest BCUT2D eigenvalue weighted by molar-refractivity contribution is 0.0909. The summed E-state index contributed by atoms with van der Waals surface area (Å²) in [7, 11) is 0. The van der Waals surface area contributed by atoms with E-state index in [1.807, 2.05) is 0 Å². The van der Waals surface area contributed by atoms with Crippen LogP contribution in [0.3, 0.4) is 0 Å². The van der Waals surface area contributed by atoms with E-state index in [9.17, 15) is 4.79 Å². The van der Waals surface area contributed by atoms with Crippen LogP contribution < -0.4 is 10.1 Å². The molecule has 1 aromatic heterocycles. The van der Waals surface area contributed by atoms with E-state index in [0.717, 1.165) is 18.9 Å². The van der Waals surface area contributed by atoms with Gasteiger partial charge in [-0.2, -0.15) is 0 Å². The Bertz CT molecular complexity index is 659. The van der Waals surface area contributed by atoms with Gasteiger partial charge in [0, 0.05) is 24.7 Å². The molecule has 2 aromatic rings. The molecule has 23 heavy (non-hydrogen) atoms. The predicted octanol–water partition coefficient (Wildman–Crippen LogP) is 1.69. The van der Waals surface area contributed by atoms with Crippen LogP contribution in [0.5, 0.6) is 11.8 Å². The Labute approximate surface area is 133 Å². The molecule has 120 valence electrons. The van der Waals surface area contributed by atoms with Crippen LogP contribution in [0, 0.1) is 5.92 Å². The van der Waals surface area contributed by atoms with Crippen molar-refractivity contribution in [1.29, 1.82) is 0 Å². The fraction of sp³-hybridized carbons (Fsp3) is 0.438. The van der Waals surface area contributed by atoms with Crippen molar-refractivity contribution < 1.29 is 13.9 Å². The van der Waals surface area contributed by atoms with Crippen LogP contribution in [0.2, 0.25) is 0 Å². The molecule has 0 spiro atoms. The fourth-order valence-electron chi connectivity index (χ4n) is 3.42. The van der Waals surface area contributed by atoms with Crippen LogP contribution in [0.1, 0.15) is 23.2 Å². The van der Waals surface area contributed by atoms with Crippen molar-refractivity contribution in [3.8, 4) is 11.8 Å². The van der Waals surface area contributed by atoms with E-state index in [0.29, 0.717) is 11.3 Å².